The van der Waals surface area contributed by atoms with Crippen LogP contribution in [0.5, 0.6) is 0 Å². The Hall–Kier alpha value is -1.06. The van der Waals surface area contributed by atoms with Gasteiger partial charge in [-0.1, -0.05) is 32.6 Å². The van der Waals surface area contributed by atoms with Gasteiger partial charge in [0.25, 0.3) is 0 Å². The molecular weight excluding hydrogens is 216 g/mol. The SMILES string of the molecule is CCCCCCCC(=O)N1CCN([C]=O)CC1. The van der Waals surface area contributed by atoms with Gasteiger partial charge in [-0.25, -0.2) is 0 Å². The van der Waals surface area contributed by atoms with Crippen LogP contribution in [0.2, 0.25) is 0 Å². The first-order valence-electron chi connectivity index (χ1n) is 6.68. The molecule has 4 nitrogen and oxygen atoms in total. The molecule has 0 bridgehead atoms. The molecule has 1 rings (SSSR count). The number of hydrogen-bond acceptors (Lipinski definition) is 2. The predicted octanol–water partition coefficient (Wildman–Crippen LogP) is 1.56. The molecule has 0 spiro atoms. The molecule has 0 aromatic heterocycles. The molecule has 0 N–H and O–H groups in total. The van der Waals surface area contributed by atoms with Crippen LogP contribution in [0.25, 0.3) is 0 Å². The lowest BCUT2D eigenvalue weighted by Gasteiger charge is -2.32. The van der Waals surface area contributed by atoms with Gasteiger partial charge in [0, 0.05) is 32.6 Å². The highest BCUT2D eigenvalue weighted by Gasteiger charge is 2.19. The van der Waals surface area contributed by atoms with E-state index >= 15 is 0 Å². The van der Waals surface area contributed by atoms with E-state index in [1.54, 1.807) is 4.90 Å². The van der Waals surface area contributed by atoms with E-state index in [1.807, 2.05) is 11.3 Å². The average Bonchev–Trinajstić information content (AvgIpc) is 2.38. The first kappa shape index (κ1) is 14.0. The molecular formula is C13H23N2O2. The summed E-state index contributed by atoms with van der Waals surface area (Å²) in [6, 6.07) is 0. The van der Waals surface area contributed by atoms with Crippen LogP contribution in [0.4, 0.5) is 0 Å². The van der Waals surface area contributed by atoms with E-state index < -0.39 is 0 Å². The third-order valence-electron chi connectivity index (χ3n) is 3.26. The van der Waals surface area contributed by atoms with Crippen molar-refractivity contribution in [1.82, 2.24) is 9.80 Å². The molecule has 17 heavy (non-hydrogen) atoms. The van der Waals surface area contributed by atoms with Crippen molar-refractivity contribution < 1.29 is 9.59 Å². The minimum atomic E-state index is 0.243. The number of carbonyl (C=O) groups excluding carboxylic acids is 2. The van der Waals surface area contributed by atoms with Gasteiger partial charge in [-0.05, 0) is 6.42 Å². The van der Waals surface area contributed by atoms with Gasteiger partial charge in [0.1, 0.15) is 0 Å². The lowest BCUT2D eigenvalue weighted by atomic mass is 10.1. The van der Waals surface area contributed by atoms with Crippen LogP contribution in [-0.4, -0.2) is 48.3 Å². The molecule has 0 aliphatic carbocycles. The second kappa shape index (κ2) is 8.09. The highest BCUT2D eigenvalue weighted by Crippen LogP contribution is 2.08. The standard InChI is InChI=1S/C13H23N2O2/c1-2-3-4-5-6-7-13(17)15-10-8-14(12-16)9-11-15/h2-11H2,1H3. The molecule has 4 heteroatoms. The number of unbranched alkanes of at least 4 members (excludes halogenated alkanes) is 4. The summed E-state index contributed by atoms with van der Waals surface area (Å²) in [5.41, 5.74) is 0. The average molecular weight is 239 g/mol. The number of rotatable bonds is 7. The number of amides is 2. The molecule has 1 radical (unpaired) electrons. The van der Waals surface area contributed by atoms with Crippen LogP contribution in [0.15, 0.2) is 0 Å². The van der Waals surface area contributed by atoms with E-state index in [4.69, 9.17) is 0 Å². The summed E-state index contributed by atoms with van der Waals surface area (Å²) in [6.45, 7) is 4.79. The normalized spacial score (nSPS) is 16.1. The maximum atomic E-state index is 11.8. The summed E-state index contributed by atoms with van der Waals surface area (Å²) >= 11 is 0. The van der Waals surface area contributed by atoms with Crippen LogP contribution in [0, 0.1) is 0 Å². The predicted molar refractivity (Wildman–Crippen MR) is 67.2 cm³/mol. The summed E-state index contributed by atoms with van der Waals surface area (Å²) in [5, 5.41) is 0. The van der Waals surface area contributed by atoms with Crippen LogP contribution in [0.1, 0.15) is 45.4 Å². The molecule has 0 aromatic carbocycles. The summed E-state index contributed by atoms with van der Waals surface area (Å²) in [5.74, 6) is 0.243. The highest BCUT2D eigenvalue weighted by molar-refractivity contribution is 5.76. The monoisotopic (exact) mass is 239 g/mol. The maximum absolute atomic E-state index is 11.8. The molecule has 1 heterocycles. The molecule has 97 valence electrons. The Bertz CT molecular complexity index is 236. The van der Waals surface area contributed by atoms with Crippen LogP contribution in [0.3, 0.4) is 0 Å². The van der Waals surface area contributed by atoms with E-state index in [0.29, 0.717) is 32.6 Å². The quantitative estimate of drug-likeness (QED) is 0.633. The zero-order chi connectivity index (χ0) is 12.5. The van der Waals surface area contributed by atoms with E-state index in [9.17, 15) is 9.59 Å². The summed E-state index contributed by atoms with van der Waals surface area (Å²) < 4.78 is 0. The summed E-state index contributed by atoms with van der Waals surface area (Å²) in [4.78, 5) is 25.7. The molecule has 0 atom stereocenters. The van der Waals surface area contributed by atoms with E-state index in [-0.39, 0.29) is 5.91 Å². The lowest BCUT2D eigenvalue weighted by Crippen LogP contribution is -2.48. The van der Waals surface area contributed by atoms with Gasteiger partial charge in [0.05, 0.1) is 0 Å². The molecule has 0 saturated carbocycles. The number of carbonyl (C=O) groups is 1. The van der Waals surface area contributed by atoms with Gasteiger partial charge in [-0.2, -0.15) is 0 Å². The Balaban J connectivity index is 2.10. The number of hydrogen-bond donors (Lipinski definition) is 0. The van der Waals surface area contributed by atoms with Crippen LogP contribution >= 0.6 is 0 Å². The van der Waals surface area contributed by atoms with E-state index in [1.165, 1.54) is 19.3 Å². The van der Waals surface area contributed by atoms with Gasteiger partial charge in [0.2, 0.25) is 5.91 Å². The first-order valence-corrected chi connectivity index (χ1v) is 6.68. The lowest BCUT2D eigenvalue weighted by molar-refractivity contribution is -0.132. The molecule has 1 fully saturated rings. The Kier molecular flexibility index (Phi) is 6.67. The maximum Gasteiger partial charge on any atom is 0.312 e. The fourth-order valence-electron chi connectivity index (χ4n) is 2.09. The van der Waals surface area contributed by atoms with Gasteiger partial charge in [-0.3, -0.25) is 9.59 Å². The van der Waals surface area contributed by atoms with Gasteiger partial charge < -0.3 is 9.80 Å². The number of nitrogens with zero attached hydrogens (tertiary/aromatic N) is 2. The molecule has 2 amide bonds. The number of piperazine rings is 1. The third-order valence-corrected chi connectivity index (χ3v) is 3.26. The molecule has 0 unspecified atom stereocenters. The second-order valence-corrected chi connectivity index (χ2v) is 4.62. The van der Waals surface area contributed by atoms with Crippen LogP contribution < -0.4 is 0 Å². The van der Waals surface area contributed by atoms with Crippen molar-refractivity contribution in [3.63, 3.8) is 0 Å². The van der Waals surface area contributed by atoms with Crippen molar-refractivity contribution in [2.75, 3.05) is 26.2 Å². The Morgan fingerprint density at radius 1 is 1.06 bits per heavy atom. The van der Waals surface area contributed by atoms with Crippen molar-refractivity contribution in [1.29, 1.82) is 0 Å². The van der Waals surface area contributed by atoms with Crippen molar-refractivity contribution in [2.45, 2.75) is 45.4 Å². The molecule has 1 aliphatic rings. The van der Waals surface area contributed by atoms with Gasteiger partial charge >= 0.3 is 6.41 Å². The minimum Gasteiger partial charge on any atom is -0.339 e. The Morgan fingerprint density at radius 2 is 1.71 bits per heavy atom. The van der Waals surface area contributed by atoms with Gasteiger partial charge in [0.15, 0.2) is 0 Å². The molecule has 1 aliphatic heterocycles. The van der Waals surface area contributed by atoms with Crippen molar-refractivity contribution >= 4 is 12.3 Å². The summed E-state index contributed by atoms with van der Waals surface area (Å²) in [7, 11) is 0. The van der Waals surface area contributed by atoms with Crippen molar-refractivity contribution in [2.24, 2.45) is 0 Å². The Morgan fingerprint density at radius 3 is 2.29 bits per heavy atom. The van der Waals surface area contributed by atoms with Crippen molar-refractivity contribution in [3.05, 3.63) is 0 Å². The van der Waals surface area contributed by atoms with Crippen LogP contribution in [-0.2, 0) is 9.59 Å². The fraction of sp³-hybridized carbons (Fsp3) is 0.846. The third kappa shape index (κ3) is 5.20. The minimum absolute atomic E-state index is 0.243. The van der Waals surface area contributed by atoms with E-state index in [2.05, 4.69) is 6.92 Å². The second-order valence-electron chi connectivity index (χ2n) is 4.62. The van der Waals surface area contributed by atoms with Crippen molar-refractivity contribution in [3.8, 4) is 0 Å². The first-order chi connectivity index (χ1) is 8.27. The topological polar surface area (TPSA) is 40.6 Å². The zero-order valence-electron chi connectivity index (χ0n) is 10.8. The molecule has 1 saturated heterocycles. The summed E-state index contributed by atoms with van der Waals surface area (Å²) in [6.07, 6.45) is 8.42. The Labute approximate surface area is 104 Å². The van der Waals surface area contributed by atoms with Gasteiger partial charge in [-0.15, -0.1) is 0 Å². The molecule has 0 aromatic rings. The van der Waals surface area contributed by atoms with E-state index in [0.717, 1.165) is 12.8 Å². The zero-order valence-corrected chi connectivity index (χ0v) is 10.8. The highest BCUT2D eigenvalue weighted by atomic mass is 16.2. The largest absolute Gasteiger partial charge is 0.339 e. The smallest absolute Gasteiger partial charge is 0.312 e. The fourth-order valence-corrected chi connectivity index (χ4v) is 2.09.